The molecule has 0 radical (unpaired) electrons. The van der Waals surface area contributed by atoms with Gasteiger partial charge in [-0.1, -0.05) is 36.4 Å². The molecule has 130 valence electrons. The molecule has 0 bridgehead atoms. The summed E-state index contributed by atoms with van der Waals surface area (Å²) in [6.07, 6.45) is 1.57. The van der Waals surface area contributed by atoms with E-state index in [-0.39, 0.29) is 24.7 Å². The smallest absolute Gasteiger partial charge is 0.275 e. The van der Waals surface area contributed by atoms with Gasteiger partial charge in [-0.15, -0.1) is 0 Å². The maximum atomic E-state index is 13.2. The van der Waals surface area contributed by atoms with Crippen LogP contribution in [0.15, 0.2) is 71.3 Å². The summed E-state index contributed by atoms with van der Waals surface area (Å²) in [5, 5.41) is 17.9. The Kier molecular flexibility index (Phi) is 4.15. The lowest BCUT2D eigenvalue weighted by Crippen LogP contribution is -2.30. The standard InChI is InChI=1S/C20H17N3O3/c24-18-10-4-1-6-14(18)12-23(13-15-7-5-11-26-15)20(25)19-16-8-2-3-9-17(16)21-22-19/h1-11,24H,12-13H2,(H,21,22). The Balaban J connectivity index is 1.69. The summed E-state index contributed by atoms with van der Waals surface area (Å²) < 4.78 is 5.40. The van der Waals surface area contributed by atoms with E-state index < -0.39 is 0 Å². The van der Waals surface area contributed by atoms with Crippen molar-refractivity contribution in [3.05, 3.63) is 83.9 Å². The first-order valence-corrected chi connectivity index (χ1v) is 8.24. The monoisotopic (exact) mass is 347 g/mol. The summed E-state index contributed by atoms with van der Waals surface area (Å²) in [6.45, 7) is 0.523. The predicted octanol–water partition coefficient (Wildman–Crippen LogP) is 3.70. The quantitative estimate of drug-likeness (QED) is 0.577. The van der Waals surface area contributed by atoms with Gasteiger partial charge in [-0.25, -0.2) is 0 Å². The van der Waals surface area contributed by atoms with Crippen LogP contribution >= 0.6 is 0 Å². The Hall–Kier alpha value is -3.54. The molecule has 26 heavy (non-hydrogen) atoms. The van der Waals surface area contributed by atoms with Crippen LogP contribution in [0.3, 0.4) is 0 Å². The number of rotatable bonds is 5. The fourth-order valence-electron chi connectivity index (χ4n) is 2.92. The van der Waals surface area contributed by atoms with Crippen LogP contribution in [-0.2, 0) is 13.1 Å². The number of carbonyl (C=O) groups is 1. The van der Waals surface area contributed by atoms with E-state index in [1.165, 1.54) is 0 Å². The summed E-state index contributed by atoms with van der Waals surface area (Å²) in [6, 6.07) is 18.1. The zero-order valence-corrected chi connectivity index (χ0v) is 13.9. The molecule has 0 atom stereocenters. The first-order valence-electron chi connectivity index (χ1n) is 8.24. The molecule has 0 spiro atoms. The van der Waals surface area contributed by atoms with Gasteiger partial charge in [0.15, 0.2) is 5.69 Å². The van der Waals surface area contributed by atoms with Gasteiger partial charge >= 0.3 is 0 Å². The highest BCUT2D eigenvalue weighted by atomic mass is 16.3. The van der Waals surface area contributed by atoms with Gasteiger partial charge < -0.3 is 14.4 Å². The minimum Gasteiger partial charge on any atom is -0.508 e. The average Bonchev–Trinajstić information content (AvgIpc) is 3.32. The maximum Gasteiger partial charge on any atom is 0.275 e. The molecular formula is C20H17N3O3. The van der Waals surface area contributed by atoms with Crippen LogP contribution in [0.5, 0.6) is 5.75 Å². The minimum atomic E-state index is -0.234. The molecule has 2 heterocycles. The molecule has 0 aliphatic heterocycles. The van der Waals surface area contributed by atoms with E-state index in [1.807, 2.05) is 36.4 Å². The normalized spacial score (nSPS) is 10.9. The lowest BCUT2D eigenvalue weighted by atomic mass is 10.1. The second-order valence-corrected chi connectivity index (χ2v) is 5.99. The van der Waals surface area contributed by atoms with Crippen LogP contribution in [0.1, 0.15) is 21.8 Å². The van der Waals surface area contributed by atoms with Crippen LogP contribution in [0.2, 0.25) is 0 Å². The van der Waals surface area contributed by atoms with Gasteiger partial charge in [-0.3, -0.25) is 9.89 Å². The van der Waals surface area contributed by atoms with Crippen LogP contribution in [0, 0.1) is 0 Å². The number of amides is 1. The molecule has 2 aromatic carbocycles. The van der Waals surface area contributed by atoms with E-state index in [2.05, 4.69) is 10.2 Å². The number of aromatic hydroxyl groups is 1. The number of nitrogens with zero attached hydrogens (tertiary/aromatic N) is 2. The second-order valence-electron chi connectivity index (χ2n) is 5.99. The SMILES string of the molecule is O=C(c1n[nH]c2ccccc12)N(Cc1ccco1)Cc1ccccc1O. The van der Waals surface area contributed by atoms with Crippen molar-refractivity contribution in [2.75, 3.05) is 0 Å². The summed E-state index contributed by atoms with van der Waals surface area (Å²) in [5.74, 6) is 0.576. The first-order chi connectivity index (χ1) is 12.7. The summed E-state index contributed by atoms with van der Waals surface area (Å²) >= 11 is 0. The van der Waals surface area contributed by atoms with Gasteiger partial charge in [0, 0.05) is 10.9 Å². The van der Waals surface area contributed by atoms with E-state index >= 15 is 0 Å². The second kappa shape index (κ2) is 6.76. The molecule has 2 N–H and O–H groups in total. The minimum absolute atomic E-state index is 0.150. The highest BCUT2D eigenvalue weighted by molar-refractivity contribution is 6.04. The number of aromatic nitrogens is 2. The predicted molar refractivity (Wildman–Crippen MR) is 96.5 cm³/mol. The number of aromatic amines is 1. The number of benzene rings is 2. The number of para-hydroxylation sites is 2. The molecule has 6 heteroatoms. The van der Waals surface area contributed by atoms with E-state index in [9.17, 15) is 9.90 Å². The Bertz CT molecular complexity index is 1040. The number of nitrogens with one attached hydrogen (secondary N) is 1. The fraction of sp³-hybridized carbons (Fsp3) is 0.100. The van der Waals surface area contributed by atoms with Gasteiger partial charge in [0.1, 0.15) is 11.5 Å². The van der Waals surface area contributed by atoms with E-state index in [0.717, 1.165) is 10.9 Å². The molecule has 6 nitrogen and oxygen atoms in total. The van der Waals surface area contributed by atoms with Crippen molar-refractivity contribution >= 4 is 16.8 Å². The van der Waals surface area contributed by atoms with Crippen LogP contribution in [0.25, 0.3) is 10.9 Å². The molecule has 0 aliphatic carbocycles. The molecule has 0 aliphatic rings. The Morgan fingerprint density at radius 3 is 2.65 bits per heavy atom. The third-order valence-corrected chi connectivity index (χ3v) is 4.24. The van der Waals surface area contributed by atoms with Gasteiger partial charge in [0.25, 0.3) is 5.91 Å². The van der Waals surface area contributed by atoms with Crippen molar-refractivity contribution in [1.29, 1.82) is 0 Å². The van der Waals surface area contributed by atoms with Crippen molar-refractivity contribution in [2.45, 2.75) is 13.1 Å². The topological polar surface area (TPSA) is 82.4 Å². The van der Waals surface area contributed by atoms with Crippen molar-refractivity contribution in [3.8, 4) is 5.75 Å². The number of hydrogen-bond donors (Lipinski definition) is 2. The van der Waals surface area contributed by atoms with Crippen molar-refractivity contribution < 1.29 is 14.3 Å². The molecule has 0 saturated carbocycles. The number of furan rings is 1. The Morgan fingerprint density at radius 2 is 1.85 bits per heavy atom. The highest BCUT2D eigenvalue weighted by Gasteiger charge is 2.23. The van der Waals surface area contributed by atoms with Crippen LogP contribution in [-0.4, -0.2) is 26.1 Å². The largest absolute Gasteiger partial charge is 0.508 e. The summed E-state index contributed by atoms with van der Waals surface area (Å²) in [4.78, 5) is 14.8. The number of phenolic OH excluding ortho intramolecular Hbond substituents is 1. The fourth-order valence-corrected chi connectivity index (χ4v) is 2.92. The van der Waals surface area contributed by atoms with Crippen molar-refractivity contribution in [1.82, 2.24) is 15.1 Å². The molecular weight excluding hydrogens is 330 g/mol. The number of carbonyl (C=O) groups excluding carboxylic acids is 1. The molecule has 0 fully saturated rings. The number of phenols is 1. The number of hydrogen-bond acceptors (Lipinski definition) is 4. The molecule has 0 unspecified atom stereocenters. The average molecular weight is 347 g/mol. The maximum absolute atomic E-state index is 13.2. The molecule has 2 aromatic heterocycles. The Morgan fingerprint density at radius 1 is 1.04 bits per heavy atom. The zero-order valence-electron chi connectivity index (χ0n) is 13.9. The van der Waals surface area contributed by atoms with E-state index in [4.69, 9.17) is 4.42 Å². The lowest BCUT2D eigenvalue weighted by Gasteiger charge is -2.21. The number of fused-ring (bicyclic) bond motifs is 1. The zero-order chi connectivity index (χ0) is 17.9. The Labute approximate surface area is 149 Å². The molecule has 4 aromatic rings. The highest BCUT2D eigenvalue weighted by Crippen LogP contribution is 2.23. The molecule has 0 saturated heterocycles. The van der Waals surface area contributed by atoms with Crippen LogP contribution < -0.4 is 0 Å². The molecule has 4 rings (SSSR count). The van der Waals surface area contributed by atoms with Gasteiger partial charge in [0.2, 0.25) is 0 Å². The van der Waals surface area contributed by atoms with Crippen molar-refractivity contribution in [3.63, 3.8) is 0 Å². The first kappa shape index (κ1) is 16.0. The van der Waals surface area contributed by atoms with Gasteiger partial charge in [-0.2, -0.15) is 5.10 Å². The third kappa shape index (κ3) is 3.04. The summed E-state index contributed by atoms with van der Waals surface area (Å²) in [7, 11) is 0. The van der Waals surface area contributed by atoms with Crippen LogP contribution in [0.4, 0.5) is 0 Å². The van der Waals surface area contributed by atoms with Gasteiger partial charge in [-0.05, 0) is 24.3 Å². The lowest BCUT2D eigenvalue weighted by molar-refractivity contribution is 0.0712. The van der Waals surface area contributed by atoms with E-state index in [0.29, 0.717) is 17.0 Å². The third-order valence-electron chi connectivity index (χ3n) is 4.24. The summed E-state index contributed by atoms with van der Waals surface area (Å²) in [5.41, 5.74) is 1.81. The van der Waals surface area contributed by atoms with Gasteiger partial charge in [0.05, 0.1) is 24.9 Å². The van der Waals surface area contributed by atoms with Crippen molar-refractivity contribution in [2.24, 2.45) is 0 Å². The molecule has 1 amide bonds. The number of H-pyrrole nitrogens is 1. The van der Waals surface area contributed by atoms with E-state index in [1.54, 1.807) is 35.4 Å².